The molecule has 8 aliphatic rings. The first-order chi connectivity index (χ1) is 24.8. The average Bonchev–Trinajstić information content (AvgIpc) is 2.99. The number of carbonyl (C=O) groups excluding carboxylic acids is 6. The highest BCUT2D eigenvalue weighted by molar-refractivity contribution is 5.84. The second kappa shape index (κ2) is 14.6. The normalized spacial score (nSPS) is 37.6. The molecule has 0 aromatic heterocycles. The maximum Gasteiger partial charge on any atom is 0.450 e. The van der Waals surface area contributed by atoms with Crippen molar-refractivity contribution in [1.29, 1.82) is 0 Å². The molecule has 14 nitrogen and oxygen atoms in total. The van der Waals surface area contributed by atoms with Crippen LogP contribution in [0.3, 0.4) is 0 Å². The van der Waals surface area contributed by atoms with Crippen molar-refractivity contribution in [3.63, 3.8) is 0 Å². The Bertz CT molecular complexity index is 1450. The number of hydrogen-bond donors (Lipinski definition) is 4. The van der Waals surface area contributed by atoms with Gasteiger partial charge in [-0.1, -0.05) is 40.5 Å². The van der Waals surface area contributed by atoms with Crippen LogP contribution in [-0.4, -0.2) is 59.6 Å². The summed E-state index contributed by atoms with van der Waals surface area (Å²) in [6, 6.07) is -1.00. The Hall–Kier alpha value is -3.58. The van der Waals surface area contributed by atoms with Gasteiger partial charge in [-0.2, -0.15) is 0 Å². The fourth-order valence-corrected chi connectivity index (χ4v) is 13.5. The van der Waals surface area contributed by atoms with Gasteiger partial charge in [0.05, 0.1) is 0 Å². The average molecular weight is 745 g/mol. The van der Waals surface area contributed by atoms with Crippen LogP contribution in [0.5, 0.6) is 0 Å². The van der Waals surface area contributed by atoms with Crippen LogP contribution < -0.4 is 21.3 Å². The molecule has 53 heavy (non-hydrogen) atoms. The van der Waals surface area contributed by atoms with E-state index in [0.29, 0.717) is 37.5 Å². The van der Waals surface area contributed by atoms with Crippen LogP contribution in [0.2, 0.25) is 0 Å². The second-order valence-electron chi connectivity index (χ2n) is 19.7. The Kier molecular flexibility index (Phi) is 10.8. The lowest BCUT2D eigenvalue weighted by Crippen LogP contribution is -2.65. The van der Waals surface area contributed by atoms with Crippen molar-refractivity contribution in [1.82, 2.24) is 21.3 Å². The number of nitrogens with one attached hydrogen (secondary N) is 4. The number of carbonyl (C=O) groups is 6. The van der Waals surface area contributed by atoms with Gasteiger partial charge >= 0.3 is 24.1 Å². The minimum Gasteiger partial charge on any atom is -0.345 e. The Morgan fingerprint density at radius 2 is 1.00 bits per heavy atom. The summed E-state index contributed by atoms with van der Waals surface area (Å²) >= 11 is 0. The second-order valence-corrected chi connectivity index (χ2v) is 19.7. The predicted molar refractivity (Wildman–Crippen MR) is 190 cm³/mol. The van der Waals surface area contributed by atoms with Crippen LogP contribution in [0, 0.1) is 33.5 Å². The molecule has 4 amide bonds. The highest BCUT2D eigenvalue weighted by Crippen LogP contribution is 2.67. The summed E-state index contributed by atoms with van der Waals surface area (Å²) in [6.07, 6.45) is 13.7. The van der Waals surface area contributed by atoms with Crippen LogP contribution >= 0.6 is 0 Å². The molecular weight excluding hydrogens is 684 g/mol. The Balaban J connectivity index is 0.770. The molecule has 9 atom stereocenters. The van der Waals surface area contributed by atoms with E-state index in [0.717, 1.165) is 44.9 Å². The van der Waals surface area contributed by atoms with E-state index in [4.69, 9.17) is 14.7 Å². The molecule has 0 heterocycles. The number of unbranched alkanes of at least 4 members (excludes halogenated alkanes) is 3. The summed E-state index contributed by atoms with van der Waals surface area (Å²) in [5, 5.41) is 11.0. The van der Waals surface area contributed by atoms with Gasteiger partial charge in [0.25, 0.3) is 0 Å². The van der Waals surface area contributed by atoms with Gasteiger partial charge in [-0.05, 0) is 130 Å². The Labute approximate surface area is 312 Å². The summed E-state index contributed by atoms with van der Waals surface area (Å²) in [6.45, 7) is 10.2. The Morgan fingerprint density at radius 3 is 1.45 bits per heavy atom. The van der Waals surface area contributed by atoms with Gasteiger partial charge in [0.1, 0.15) is 12.6 Å². The van der Waals surface area contributed by atoms with Crippen LogP contribution in [-0.2, 0) is 38.7 Å². The van der Waals surface area contributed by atoms with Gasteiger partial charge in [-0.25, -0.2) is 38.7 Å². The maximum absolute atomic E-state index is 12.6. The molecule has 5 unspecified atom stereocenters. The molecule has 4 N–H and O–H groups in total. The SMILES string of the molecule is CC(NC(=O)CCCCCCC(=O)NCC(=O)OOC(=O)NC12CC3C[C@@](C)(C1)C[C@](C)(C3)C2)C(=O)OOC(=O)NC12CC3C[C@@](C)(C1)C[C@](C)(C3)C2. The molecule has 0 aliphatic heterocycles. The van der Waals surface area contributed by atoms with Gasteiger partial charge in [-0.3, -0.25) is 9.59 Å². The predicted octanol–water partition coefficient (Wildman–Crippen LogP) is 5.81. The van der Waals surface area contributed by atoms with Gasteiger partial charge in [-0.15, -0.1) is 0 Å². The molecule has 8 rings (SSSR count). The van der Waals surface area contributed by atoms with Crippen LogP contribution in [0.15, 0.2) is 0 Å². The van der Waals surface area contributed by atoms with E-state index in [9.17, 15) is 28.8 Å². The molecule has 0 aromatic rings. The summed E-state index contributed by atoms with van der Waals surface area (Å²) < 4.78 is 0. The van der Waals surface area contributed by atoms with Crippen LogP contribution in [0.1, 0.15) is 150 Å². The van der Waals surface area contributed by atoms with E-state index in [-0.39, 0.29) is 57.4 Å². The smallest absolute Gasteiger partial charge is 0.345 e. The standard InChI is InChI=1S/C39H60N4O10/c1-25(31(47)51-53-33(49)43-39-17-27-14-36(4,23-39)20-37(5,15-27)24-39)41-29(45)11-9-7-6-8-10-28(44)40-18-30(46)50-52-32(48)42-38-16-26-12-34(2,21-38)19-35(3,13-26)22-38/h25-27H,6-24H2,1-5H3,(H,40,44)(H,41,45)(H,42,48)(H,43,49)/t25?,26?,27?,34-,35+,36-,37+,38?,39?. The van der Waals surface area contributed by atoms with Crippen molar-refractivity contribution in [2.45, 2.75) is 167 Å². The summed E-state index contributed by atoms with van der Waals surface area (Å²) in [4.78, 5) is 93.2. The molecule has 0 saturated heterocycles. The summed E-state index contributed by atoms with van der Waals surface area (Å²) in [7, 11) is 0. The first kappa shape index (κ1) is 39.1. The molecule has 0 aromatic carbocycles. The molecule has 8 bridgehead atoms. The third kappa shape index (κ3) is 9.57. The van der Waals surface area contributed by atoms with E-state index in [1.807, 2.05) is 0 Å². The zero-order valence-electron chi connectivity index (χ0n) is 32.2. The fraction of sp³-hybridized carbons (Fsp3) is 0.846. The minimum atomic E-state index is -1.00. The van der Waals surface area contributed by atoms with Crippen molar-refractivity contribution in [3.05, 3.63) is 0 Å². The first-order valence-corrected chi connectivity index (χ1v) is 19.8. The molecule has 0 spiro atoms. The fourth-order valence-electron chi connectivity index (χ4n) is 13.5. The van der Waals surface area contributed by atoms with Crippen LogP contribution in [0.25, 0.3) is 0 Å². The summed E-state index contributed by atoms with van der Waals surface area (Å²) in [5.41, 5.74) is 0.134. The number of rotatable bonds is 13. The van der Waals surface area contributed by atoms with Gasteiger partial charge in [0.15, 0.2) is 0 Å². The van der Waals surface area contributed by atoms with Gasteiger partial charge < -0.3 is 21.3 Å². The van der Waals surface area contributed by atoms with Gasteiger partial charge in [0, 0.05) is 23.9 Å². The molecule has 0 radical (unpaired) electrons. The van der Waals surface area contributed by atoms with Crippen LogP contribution in [0.4, 0.5) is 9.59 Å². The monoisotopic (exact) mass is 744 g/mol. The zero-order valence-corrected chi connectivity index (χ0v) is 32.2. The number of hydrogen-bond acceptors (Lipinski definition) is 10. The zero-order chi connectivity index (χ0) is 38.3. The Morgan fingerprint density at radius 1 is 0.566 bits per heavy atom. The third-order valence-corrected chi connectivity index (χ3v) is 13.1. The lowest BCUT2D eigenvalue weighted by Gasteiger charge is -2.65. The molecule has 8 fully saturated rings. The lowest BCUT2D eigenvalue weighted by molar-refractivity contribution is -0.236. The first-order valence-electron chi connectivity index (χ1n) is 19.8. The molecule has 8 saturated carbocycles. The minimum absolute atomic E-state index is 0.173. The molecule has 14 heteroatoms. The van der Waals surface area contributed by atoms with Crippen molar-refractivity contribution < 1.29 is 48.3 Å². The van der Waals surface area contributed by atoms with Crippen molar-refractivity contribution in [2.75, 3.05) is 6.54 Å². The van der Waals surface area contributed by atoms with E-state index >= 15 is 0 Å². The van der Waals surface area contributed by atoms with E-state index in [1.165, 1.54) is 39.0 Å². The van der Waals surface area contributed by atoms with E-state index in [2.05, 4.69) is 53.8 Å². The third-order valence-electron chi connectivity index (χ3n) is 13.1. The molecular formula is C39H60N4O10. The summed E-state index contributed by atoms with van der Waals surface area (Å²) in [5.74, 6) is -1.28. The molecule has 8 aliphatic carbocycles. The quantitative estimate of drug-likeness (QED) is 0.102. The van der Waals surface area contributed by atoms with Crippen molar-refractivity contribution in [3.8, 4) is 0 Å². The molecule has 296 valence electrons. The topological polar surface area (TPSA) is 187 Å². The van der Waals surface area contributed by atoms with Gasteiger partial charge in [0.2, 0.25) is 11.8 Å². The van der Waals surface area contributed by atoms with E-state index < -0.39 is 36.7 Å². The van der Waals surface area contributed by atoms with Crippen molar-refractivity contribution >= 4 is 35.9 Å². The highest BCUT2D eigenvalue weighted by Gasteiger charge is 2.62. The van der Waals surface area contributed by atoms with E-state index in [1.54, 1.807) is 0 Å². The van der Waals surface area contributed by atoms with Crippen molar-refractivity contribution in [2.24, 2.45) is 33.5 Å². The lowest BCUT2D eigenvalue weighted by atomic mass is 9.43. The largest absolute Gasteiger partial charge is 0.450 e. The maximum atomic E-state index is 12.6. The highest BCUT2D eigenvalue weighted by atomic mass is 17.2. The number of amides is 4.